The van der Waals surface area contributed by atoms with Gasteiger partial charge in [-0.3, -0.25) is 0 Å². The molecule has 0 saturated heterocycles. The molecular weight excluding hydrogens is 550 g/mol. The summed E-state index contributed by atoms with van der Waals surface area (Å²) in [5.74, 6) is -16.4. The smallest absolute Gasteiger partial charge is 0.175 e. The molecule has 2 aromatic rings. The summed E-state index contributed by atoms with van der Waals surface area (Å²) >= 11 is 1.85. The van der Waals surface area contributed by atoms with Crippen molar-refractivity contribution in [2.24, 2.45) is 0 Å². The topological polar surface area (TPSA) is 0 Å². The maximum atomic E-state index is 13.7. The molecule has 0 heterocycles. The third-order valence-corrected chi connectivity index (χ3v) is 4.56. The van der Waals surface area contributed by atoms with Crippen molar-refractivity contribution in [3.8, 4) is 11.1 Å². The highest BCUT2D eigenvalue weighted by Gasteiger charge is 2.32. The predicted octanol–water partition coefficient (Wildman–Crippen LogP) is 5.68. The van der Waals surface area contributed by atoms with Gasteiger partial charge in [0.05, 0.1) is 18.3 Å². The van der Waals surface area contributed by atoms with Crippen LogP contribution in [0.1, 0.15) is 0 Å². The predicted molar refractivity (Wildman–Crippen MR) is 77.0 cm³/mol. The summed E-state index contributed by atoms with van der Waals surface area (Å²) < 4.78 is 107. The summed E-state index contributed by atoms with van der Waals surface area (Å²) in [5, 5.41) is 0. The van der Waals surface area contributed by atoms with Crippen molar-refractivity contribution in [1.82, 2.24) is 0 Å². The molecule has 10 heteroatoms. The molecule has 0 atom stereocenters. The van der Waals surface area contributed by atoms with Crippen LogP contribution in [0.15, 0.2) is 0 Å². The number of rotatable bonds is 1. The van der Waals surface area contributed by atoms with Gasteiger partial charge < -0.3 is 0 Å². The third-order valence-electron chi connectivity index (χ3n) is 2.67. The normalized spacial score (nSPS) is 11.2. The average Bonchev–Trinajstić information content (AvgIpc) is 2.50. The summed E-state index contributed by atoms with van der Waals surface area (Å²) in [6.07, 6.45) is 0. The van der Waals surface area contributed by atoms with Gasteiger partial charge in [0.1, 0.15) is 0 Å². The van der Waals surface area contributed by atoms with E-state index >= 15 is 0 Å². The lowest BCUT2D eigenvalue weighted by molar-refractivity contribution is 0.433. The van der Waals surface area contributed by atoms with Crippen molar-refractivity contribution in [1.29, 1.82) is 0 Å². The highest BCUT2D eigenvalue weighted by atomic mass is 127. The lowest BCUT2D eigenvalue weighted by Gasteiger charge is -2.12. The summed E-state index contributed by atoms with van der Waals surface area (Å²) in [6, 6.07) is 0. The third kappa shape index (κ3) is 2.47. The van der Waals surface area contributed by atoms with Gasteiger partial charge in [-0.25, -0.2) is 35.1 Å². The van der Waals surface area contributed by atoms with Gasteiger partial charge in [-0.2, -0.15) is 0 Å². The van der Waals surface area contributed by atoms with Crippen molar-refractivity contribution >= 4 is 45.2 Å². The van der Waals surface area contributed by atoms with Crippen LogP contribution in [0.5, 0.6) is 0 Å². The van der Waals surface area contributed by atoms with E-state index in [1.165, 1.54) is 0 Å². The highest BCUT2D eigenvalue weighted by Crippen LogP contribution is 2.38. The van der Waals surface area contributed by atoms with E-state index in [4.69, 9.17) is 0 Å². The number of hydrogen-bond donors (Lipinski definition) is 0. The molecule has 0 radical (unpaired) electrons. The van der Waals surface area contributed by atoms with Crippen molar-refractivity contribution in [3.63, 3.8) is 0 Å². The molecule has 0 nitrogen and oxygen atoms in total. The molecule has 0 aliphatic rings. The molecule has 118 valence electrons. The number of hydrogen-bond acceptors (Lipinski definition) is 0. The molecule has 0 unspecified atom stereocenters. The fourth-order valence-electron chi connectivity index (χ4n) is 1.65. The molecule has 0 aliphatic heterocycles. The summed E-state index contributed by atoms with van der Waals surface area (Å²) in [6.45, 7) is 0. The van der Waals surface area contributed by atoms with Crippen LogP contribution < -0.4 is 0 Å². The Morgan fingerprint density at radius 3 is 0.727 bits per heavy atom. The second-order valence-corrected chi connectivity index (χ2v) is 6.05. The molecule has 2 rings (SSSR count). The van der Waals surface area contributed by atoms with Gasteiger partial charge in [0.15, 0.2) is 46.5 Å². The van der Waals surface area contributed by atoms with Crippen LogP contribution in [0.4, 0.5) is 35.1 Å². The van der Waals surface area contributed by atoms with Crippen LogP contribution in [0.25, 0.3) is 11.1 Å². The molecule has 0 spiro atoms. The molecule has 0 N–H and O–H groups in total. The van der Waals surface area contributed by atoms with Crippen LogP contribution in [0.2, 0.25) is 0 Å². The SMILES string of the molecule is Fc1c(F)c(-c2c(F)c(F)c(I)c(F)c2F)c(F)c(F)c1I. The minimum absolute atomic E-state index is 0.925. The van der Waals surface area contributed by atoms with Gasteiger partial charge in [0.25, 0.3) is 0 Å². The Labute approximate surface area is 144 Å². The average molecular weight is 550 g/mol. The Balaban J connectivity index is 3.03. The van der Waals surface area contributed by atoms with E-state index in [1.807, 2.05) is 0 Å². The largest absolute Gasteiger partial charge is 0.203 e. The van der Waals surface area contributed by atoms with Gasteiger partial charge in [-0.15, -0.1) is 0 Å². The summed E-state index contributed by atoms with van der Waals surface area (Å²) in [5.41, 5.74) is -3.72. The Bertz CT molecular complexity index is 677. The van der Waals surface area contributed by atoms with Gasteiger partial charge >= 0.3 is 0 Å². The lowest BCUT2D eigenvalue weighted by Crippen LogP contribution is -2.09. The van der Waals surface area contributed by atoms with Crippen LogP contribution in [-0.2, 0) is 0 Å². The zero-order valence-electron chi connectivity index (χ0n) is 9.78. The first-order chi connectivity index (χ1) is 10.1. The van der Waals surface area contributed by atoms with Gasteiger partial charge in [0.2, 0.25) is 0 Å². The molecule has 0 aromatic heterocycles. The molecule has 22 heavy (non-hydrogen) atoms. The Kier molecular flexibility index (Phi) is 4.90. The van der Waals surface area contributed by atoms with E-state index in [0.29, 0.717) is 0 Å². The van der Waals surface area contributed by atoms with Crippen LogP contribution in [0, 0.1) is 53.7 Å². The lowest BCUT2D eigenvalue weighted by atomic mass is 10.0. The second kappa shape index (κ2) is 6.09. The standard InChI is InChI=1S/C12F8I2/c13-3-1(4(14)8(18)11(21)7(3)17)2-5(15)9(19)12(22)10(20)6(2)16. The quantitative estimate of drug-likeness (QED) is 0.186. The first-order valence-corrected chi connectivity index (χ1v) is 7.30. The minimum atomic E-state index is -2.17. The van der Waals surface area contributed by atoms with Gasteiger partial charge in [-0.05, 0) is 45.2 Å². The first kappa shape index (κ1) is 17.7. The van der Waals surface area contributed by atoms with Gasteiger partial charge in [0, 0.05) is 0 Å². The van der Waals surface area contributed by atoms with Crippen molar-refractivity contribution in [3.05, 3.63) is 53.7 Å². The monoisotopic (exact) mass is 550 g/mol. The minimum Gasteiger partial charge on any atom is -0.203 e. The van der Waals surface area contributed by atoms with Crippen LogP contribution in [-0.4, -0.2) is 0 Å². The maximum absolute atomic E-state index is 13.7. The summed E-state index contributed by atoms with van der Waals surface area (Å²) in [4.78, 5) is 0. The maximum Gasteiger partial charge on any atom is 0.175 e. The summed E-state index contributed by atoms with van der Waals surface area (Å²) in [7, 11) is 0. The van der Waals surface area contributed by atoms with E-state index in [1.54, 1.807) is 0 Å². The van der Waals surface area contributed by atoms with E-state index in [2.05, 4.69) is 0 Å². The second-order valence-electron chi connectivity index (χ2n) is 3.89. The Hall–Kier alpha value is -0.660. The Morgan fingerprint density at radius 1 is 0.364 bits per heavy atom. The fraction of sp³-hybridized carbons (Fsp3) is 0. The zero-order valence-corrected chi connectivity index (χ0v) is 14.1. The number of halogens is 10. The molecule has 0 fully saturated rings. The van der Waals surface area contributed by atoms with Crippen molar-refractivity contribution < 1.29 is 35.1 Å². The molecule has 0 saturated carbocycles. The highest BCUT2D eigenvalue weighted by molar-refractivity contribution is 14.1. The van der Waals surface area contributed by atoms with E-state index in [0.717, 1.165) is 45.2 Å². The van der Waals surface area contributed by atoms with Gasteiger partial charge in [-0.1, -0.05) is 0 Å². The van der Waals surface area contributed by atoms with E-state index < -0.39 is 64.8 Å². The molecule has 0 bridgehead atoms. The van der Waals surface area contributed by atoms with Crippen LogP contribution in [0.3, 0.4) is 0 Å². The van der Waals surface area contributed by atoms with E-state index in [9.17, 15) is 35.1 Å². The van der Waals surface area contributed by atoms with Crippen molar-refractivity contribution in [2.75, 3.05) is 0 Å². The van der Waals surface area contributed by atoms with Crippen molar-refractivity contribution in [2.45, 2.75) is 0 Å². The zero-order chi connectivity index (χ0) is 16.9. The molecule has 2 aromatic carbocycles. The first-order valence-electron chi connectivity index (χ1n) is 5.14. The number of benzene rings is 2. The van der Waals surface area contributed by atoms with E-state index in [-0.39, 0.29) is 0 Å². The molecular formula is C12F8I2. The van der Waals surface area contributed by atoms with Crippen LogP contribution >= 0.6 is 45.2 Å². The molecule has 0 aliphatic carbocycles. The fourth-order valence-corrected chi connectivity index (χ4v) is 2.60. The molecule has 0 amide bonds. The Morgan fingerprint density at radius 2 is 0.545 bits per heavy atom.